The zero-order valence-electron chi connectivity index (χ0n) is 15.0. The highest BCUT2D eigenvalue weighted by Crippen LogP contribution is 2.29. The van der Waals surface area contributed by atoms with Crippen LogP contribution in [-0.4, -0.2) is 32.1 Å². The third-order valence-corrected chi connectivity index (χ3v) is 4.21. The molecular weight excluding hydrogens is 332 g/mol. The minimum Gasteiger partial charge on any atom is -0.494 e. The highest BCUT2D eigenvalue weighted by atomic mass is 16.5. The second-order valence-electron chi connectivity index (χ2n) is 6.04. The van der Waals surface area contributed by atoms with Crippen LogP contribution in [0.3, 0.4) is 0 Å². The van der Waals surface area contributed by atoms with Crippen molar-refractivity contribution < 1.29 is 19.1 Å². The fourth-order valence-corrected chi connectivity index (χ4v) is 2.88. The zero-order chi connectivity index (χ0) is 18.5. The Morgan fingerprint density at radius 2 is 1.77 bits per heavy atom. The maximum atomic E-state index is 12.1. The van der Waals surface area contributed by atoms with Crippen molar-refractivity contribution in [3.63, 3.8) is 0 Å². The first-order chi connectivity index (χ1) is 12.6. The Bertz CT molecular complexity index is 802. The average Bonchev–Trinajstić information content (AvgIpc) is 2.64. The number of anilines is 2. The van der Waals surface area contributed by atoms with Gasteiger partial charge in [0.1, 0.15) is 11.5 Å². The van der Waals surface area contributed by atoms with Crippen LogP contribution in [0.2, 0.25) is 0 Å². The molecule has 1 heterocycles. The number of nitrogens with zero attached hydrogens (tertiary/aromatic N) is 1. The van der Waals surface area contributed by atoms with E-state index in [1.807, 2.05) is 19.1 Å². The molecule has 0 aromatic heterocycles. The molecule has 0 atom stereocenters. The quantitative estimate of drug-likeness (QED) is 0.866. The van der Waals surface area contributed by atoms with Gasteiger partial charge in [-0.25, -0.2) is 0 Å². The number of ether oxygens (including phenoxy) is 2. The molecule has 2 aromatic carbocycles. The summed E-state index contributed by atoms with van der Waals surface area (Å²) in [5.41, 5.74) is 2.65. The molecule has 0 saturated heterocycles. The lowest BCUT2D eigenvalue weighted by molar-refractivity contribution is -0.119. The van der Waals surface area contributed by atoms with Crippen LogP contribution in [0, 0.1) is 0 Å². The first-order valence-corrected chi connectivity index (χ1v) is 8.62. The van der Waals surface area contributed by atoms with Gasteiger partial charge in [-0.3, -0.25) is 9.59 Å². The molecule has 0 saturated carbocycles. The van der Waals surface area contributed by atoms with Gasteiger partial charge in [0.25, 0.3) is 5.91 Å². The summed E-state index contributed by atoms with van der Waals surface area (Å²) in [5, 5.41) is 2.83. The van der Waals surface area contributed by atoms with E-state index >= 15 is 0 Å². The van der Waals surface area contributed by atoms with Crippen molar-refractivity contribution in [2.45, 2.75) is 19.8 Å². The van der Waals surface area contributed by atoms with E-state index in [1.54, 1.807) is 42.3 Å². The molecule has 1 aliphatic heterocycles. The van der Waals surface area contributed by atoms with Crippen LogP contribution in [0.4, 0.5) is 11.4 Å². The Balaban J connectivity index is 1.56. The molecule has 2 amide bonds. The largest absolute Gasteiger partial charge is 0.494 e. The summed E-state index contributed by atoms with van der Waals surface area (Å²) in [4.78, 5) is 25.5. The standard InChI is InChI=1S/C20H22N2O4/c1-3-25-16-6-8-17(9-7-16)26-13-19(23)21-15-5-10-18-14(12-15)4-11-20(24)22(18)2/h5-10,12H,3-4,11,13H2,1-2H3,(H,21,23). The molecule has 0 bridgehead atoms. The molecule has 136 valence electrons. The van der Waals surface area contributed by atoms with Crippen LogP contribution >= 0.6 is 0 Å². The Morgan fingerprint density at radius 3 is 2.46 bits per heavy atom. The van der Waals surface area contributed by atoms with Gasteiger partial charge in [0.2, 0.25) is 5.91 Å². The van der Waals surface area contributed by atoms with E-state index in [0.29, 0.717) is 30.9 Å². The number of carbonyl (C=O) groups is 2. The number of fused-ring (bicyclic) bond motifs is 1. The van der Waals surface area contributed by atoms with Gasteiger partial charge in [-0.05, 0) is 61.4 Å². The Kier molecular flexibility index (Phi) is 5.41. The van der Waals surface area contributed by atoms with Gasteiger partial charge in [0.15, 0.2) is 6.61 Å². The molecule has 0 unspecified atom stereocenters. The highest BCUT2D eigenvalue weighted by Gasteiger charge is 2.21. The Hall–Kier alpha value is -3.02. The molecule has 0 radical (unpaired) electrons. The van der Waals surface area contributed by atoms with Gasteiger partial charge in [0.05, 0.1) is 6.61 Å². The van der Waals surface area contributed by atoms with E-state index in [4.69, 9.17) is 9.47 Å². The minimum absolute atomic E-state index is 0.0799. The molecule has 6 heteroatoms. The van der Waals surface area contributed by atoms with Crippen molar-refractivity contribution in [3.05, 3.63) is 48.0 Å². The van der Waals surface area contributed by atoms with Crippen molar-refractivity contribution in [1.29, 1.82) is 0 Å². The summed E-state index contributed by atoms with van der Waals surface area (Å²) in [6, 6.07) is 12.7. The number of carbonyl (C=O) groups excluding carboxylic acids is 2. The monoisotopic (exact) mass is 354 g/mol. The summed E-state index contributed by atoms with van der Waals surface area (Å²) in [6.45, 7) is 2.45. The lowest BCUT2D eigenvalue weighted by Gasteiger charge is -2.26. The molecular formula is C20H22N2O4. The molecule has 2 aromatic rings. The molecule has 3 rings (SSSR count). The summed E-state index contributed by atoms with van der Waals surface area (Å²) in [7, 11) is 1.77. The molecule has 6 nitrogen and oxygen atoms in total. The van der Waals surface area contributed by atoms with Crippen molar-refractivity contribution >= 4 is 23.2 Å². The molecule has 0 spiro atoms. The Labute approximate surface area is 152 Å². The number of nitrogens with one attached hydrogen (secondary N) is 1. The van der Waals surface area contributed by atoms with Crippen LogP contribution in [-0.2, 0) is 16.0 Å². The maximum absolute atomic E-state index is 12.1. The normalized spacial score (nSPS) is 13.2. The first kappa shape index (κ1) is 17.8. The molecule has 0 aliphatic carbocycles. The van der Waals surface area contributed by atoms with Crippen LogP contribution in [0.15, 0.2) is 42.5 Å². The summed E-state index contributed by atoms with van der Waals surface area (Å²) in [6.07, 6.45) is 1.17. The maximum Gasteiger partial charge on any atom is 0.262 e. The third kappa shape index (κ3) is 4.14. The topological polar surface area (TPSA) is 67.9 Å². The number of amides is 2. The van der Waals surface area contributed by atoms with Gasteiger partial charge in [0, 0.05) is 24.8 Å². The Morgan fingerprint density at radius 1 is 1.08 bits per heavy atom. The summed E-state index contributed by atoms with van der Waals surface area (Å²) in [5.74, 6) is 1.24. The lowest BCUT2D eigenvalue weighted by atomic mass is 10.0. The van der Waals surface area contributed by atoms with Gasteiger partial charge in [-0.15, -0.1) is 0 Å². The van der Waals surface area contributed by atoms with Gasteiger partial charge < -0.3 is 19.7 Å². The van der Waals surface area contributed by atoms with E-state index in [9.17, 15) is 9.59 Å². The van der Waals surface area contributed by atoms with E-state index < -0.39 is 0 Å². The molecule has 1 aliphatic rings. The van der Waals surface area contributed by atoms with Gasteiger partial charge in [-0.1, -0.05) is 0 Å². The van der Waals surface area contributed by atoms with Crippen LogP contribution in [0.1, 0.15) is 18.9 Å². The lowest BCUT2D eigenvalue weighted by Crippen LogP contribution is -2.31. The average molecular weight is 354 g/mol. The molecule has 1 N–H and O–H groups in total. The van der Waals surface area contributed by atoms with Crippen LogP contribution in [0.5, 0.6) is 11.5 Å². The fourth-order valence-electron chi connectivity index (χ4n) is 2.88. The van der Waals surface area contributed by atoms with Crippen molar-refractivity contribution in [1.82, 2.24) is 0 Å². The second-order valence-corrected chi connectivity index (χ2v) is 6.04. The summed E-state index contributed by atoms with van der Waals surface area (Å²) >= 11 is 0. The SMILES string of the molecule is CCOc1ccc(OCC(=O)Nc2ccc3c(c2)CCC(=O)N3C)cc1. The first-order valence-electron chi connectivity index (χ1n) is 8.62. The zero-order valence-corrected chi connectivity index (χ0v) is 15.0. The van der Waals surface area contributed by atoms with Crippen LogP contribution < -0.4 is 19.7 Å². The van der Waals surface area contributed by atoms with E-state index in [2.05, 4.69) is 5.32 Å². The van der Waals surface area contributed by atoms with Crippen molar-refractivity contribution in [3.8, 4) is 11.5 Å². The van der Waals surface area contributed by atoms with Crippen molar-refractivity contribution in [2.75, 3.05) is 30.5 Å². The molecule has 26 heavy (non-hydrogen) atoms. The third-order valence-electron chi connectivity index (χ3n) is 4.21. The van der Waals surface area contributed by atoms with Gasteiger partial charge >= 0.3 is 0 Å². The fraction of sp³-hybridized carbons (Fsp3) is 0.300. The molecule has 0 fully saturated rings. The number of benzene rings is 2. The van der Waals surface area contributed by atoms with E-state index in [-0.39, 0.29) is 18.4 Å². The second kappa shape index (κ2) is 7.91. The summed E-state index contributed by atoms with van der Waals surface area (Å²) < 4.78 is 10.9. The predicted octanol–water partition coefficient (Wildman–Crippen LogP) is 3.01. The number of rotatable bonds is 6. The van der Waals surface area contributed by atoms with Crippen molar-refractivity contribution in [2.24, 2.45) is 0 Å². The highest BCUT2D eigenvalue weighted by molar-refractivity contribution is 5.97. The number of hydrogen-bond acceptors (Lipinski definition) is 4. The predicted molar refractivity (Wildman–Crippen MR) is 99.9 cm³/mol. The van der Waals surface area contributed by atoms with Crippen LogP contribution in [0.25, 0.3) is 0 Å². The minimum atomic E-state index is -0.237. The smallest absolute Gasteiger partial charge is 0.262 e. The number of aryl methyl sites for hydroxylation is 1. The van der Waals surface area contributed by atoms with Gasteiger partial charge in [-0.2, -0.15) is 0 Å². The van der Waals surface area contributed by atoms with E-state index in [1.165, 1.54) is 0 Å². The number of hydrogen-bond donors (Lipinski definition) is 1. The van der Waals surface area contributed by atoms with E-state index in [0.717, 1.165) is 17.0 Å².